The van der Waals surface area contributed by atoms with Gasteiger partial charge in [-0.3, -0.25) is 0 Å². The van der Waals surface area contributed by atoms with Gasteiger partial charge in [0.2, 0.25) is 0 Å². The van der Waals surface area contributed by atoms with E-state index in [9.17, 15) is 0 Å². The van der Waals surface area contributed by atoms with Crippen LogP contribution >= 0.6 is 0 Å². The van der Waals surface area contributed by atoms with Crippen molar-refractivity contribution in [3.63, 3.8) is 0 Å². The molecule has 0 aliphatic carbocycles. The summed E-state index contributed by atoms with van der Waals surface area (Å²) in [4.78, 5) is 4.94. The summed E-state index contributed by atoms with van der Waals surface area (Å²) in [6, 6.07) is 91.8. The average molecular weight is 949 g/mol. The Bertz CT molecular complexity index is 3260. The van der Waals surface area contributed by atoms with E-state index in [-0.39, 0.29) is 21.7 Å². The molecule has 0 bridgehead atoms. The maximum Gasteiger partial charge on any atom is 0.0570 e. The molecule has 0 heterocycles. The molecule has 0 saturated heterocycles. The van der Waals surface area contributed by atoms with E-state index >= 15 is 0 Å². The first-order valence-corrected chi connectivity index (χ1v) is 25.9. The number of fused-ring (bicyclic) bond motifs is 1. The molecule has 0 unspecified atom stereocenters. The van der Waals surface area contributed by atoms with Crippen molar-refractivity contribution in [2.75, 3.05) is 9.80 Å². The van der Waals surface area contributed by atoms with E-state index in [4.69, 9.17) is 0 Å². The van der Waals surface area contributed by atoms with Crippen LogP contribution in [0.2, 0.25) is 0 Å². The van der Waals surface area contributed by atoms with E-state index in [2.05, 4.69) is 321 Å². The molecule has 2 heteroatoms. The van der Waals surface area contributed by atoms with Gasteiger partial charge in [-0.1, -0.05) is 250 Å². The van der Waals surface area contributed by atoms with Crippen LogP contribution in [0.15, 0.2) is 249 Å². The zero-order valence-corrected chi connectivity index (χ0v) is 44.1. The van der Waals surface area contributed by atoms with Gasteiger partial charge in [0, 0.05) is 55.2 Å². The molecule has 10 rings (SSSR count). The molecule has 0 atom stereocenters. The third kappa shape index (κ3) is 9.28. The van der Waals surface area contributed by atoms with Gasteiger partial charge in [0.05, 0.1) is 11.4 Å². The first-order valence-electron chi connectivity index (χ1n) is 25.9. The highest BCUT2D eigenvalue weighted by Crippen LogP contribution is 2.49. The Labute approximate surface area is 435 Å². The number of benzene rings is 10. The zero-order valence-electron chi connectivity index (χ0n) is 44.1. The van der Waals surface area contributed by atoms with Crippen molar-refractivity contribution < 1.29 is 0 Å². The van der Waals surface area contributed by atoms with Gasteiger partial charge in [-0.05, 0) is 112 Å². The fraction of sp³-hybridized carbons (Fsp3) is 0.183. The Morgan fingerprint density at radius 3 is 0.767 bits per heavy atom. The Morgan fingerprint density at radius 1 is 0.247 bits per heavy atom. The van der Waals surface area contributed by atoms with Gasteiger partial charge in [0.15, 0.2) is 0 Å². The molecule has 0 radical (unpaired) electrons. The summed E-state index contributed by atoms with van der Waals surface area (Å²) in [6.45, 7) is 20.8. The van der Waals surface area contributed by atoms with E-state index < -0.39 is 0 Å². The molecule has 0 spiro atoms. The topological polar surface area (TPSA) is 6.48 Å². The van der Waals surface area contributed by atoms with Crippen LogP contribution in [0.25, 0.3) is 10.8 Å². The lowest BCUT2D eigenvalue weighted by Crippen LogP contribution is -2.20. The van der Waals surface area contributed by atoms with E-state index in [1.165, 1.54) is 60.8 Å². The predicted octanol–water partition coefficient (Wildman–Crippen LogP) is 19.4. The summed E-state index contributed by atoms with van der Waals surface area (Å²) in [7, 11) is 0. The third-order valence-corrected chi connectivity index (χ3v) is 16.0. The largest absolute Gasteiger partial charge is 0.310 e. The van der Waals surface area contributed by atoms with Crippen molar-refractivity contribution in [3.05, 3.63) is 299 Å². The molecule has 0 aliphatic rings. The van der Waals surface area contributed by atoms with Crippen LogP contribution in [0, 0.1) is 6.92 Å². The van der Waals surface area contributed by atoms with E-state index in [0.717, 1.165) is 34.1 Å². The van der Waals surface area contributed by atoms with Crippen LogP contribution < -0.4 is 9.80 Å². The fourth-order valence-corrected chi connectivity index (χ4v) is 11.0. The summed E-state index contributed by atoms with van der Waals surface area (Å²) in [6.07, 6.45) is 0. The normalized spacial score (nSPS) is 12.2. The second-order valence-electron chi connectivity index (χ2n) is 21.9. The summed E-state index contributed by atoms with van der Waals surface area (Å²) >= 11 is 0. The van der Waals surface area contributed by atoms with Gasteiger partial charge >= 0.3 is 0 Å². The van der Waals surface area contributed by atoms with Gasteiger partial charge in [-0.25, -0.2) is 0 Å². The fourth-order valence-electron chi connectivity index (χ4n) is 11.0. The zero-order chi connectivity index (χ0) is 51.0. The molecule has 0 amide bonds. The van der Waals surface area contributed by atoms with Gasteiger partial charge in [0.25, 0.3) is 0 Å². The van der Waals surface area contributed by atoms with Crippen LogP contribution in [-0.2, 0) is 21.7 Å². The van der Waals surface area contributed by atoms with Crippen molar-refractivity contribution in [2.45, 2.75) is 84.0 Å². The van der Waals surface area contributed by atoms with Crippen LogP contribution in [0.1, 0.15) is 105 Å². The summed E-state index contributed by atoms with van der Waals surface area (Å²) in [5.74, 6) is 0. The first kappa shape index (κ1) is 48.7. The molecule has 73 heavy (non-hydrogen) atoms. The Morgan fingerprint density at radius 2 is 0.479 bits per heavy atom. The lowest BCUT2D eigenvalue weighted by Gasteiger charge is -2.34. The molecule has 10 aromatic rings. The maximum absolute atomic E-state index is 2.48. The molecule has 362 valence electrons. The number of rotatable bonds is 14. The highest BCUT2D eigenvalue weighted by Gasteiger charge is 2.29. The van der Waals surface area contributed by atoms with Crippen molar-refractivity contribution in [1.82, 2.24) is 0 Å². The summed E-state index contributed by atoms with van der Waals surface area (Å²) in [5.41, 5.74) is 17.4. The van der Waals surface area contributed by atoms with Crippen LogP contribution in [0.5, 0.6) is 0 Å². The number of nitrogens with zero attached hydrogens (tertiary/aromatic N) is 2. The Kier molecular flexibility index (Phi) is 13.1. The maximum atomic E-state index is 2.48. The van der Waals surface area contributed by atoms with Crippen molar-refractivity contribution in [3.8, 4) is 0 Å². The molecule has 2 nitrogen and oxygen atoms in total. The Hall–Kier alpha value is -7.94. The summed E-state index contributed by atoms with van der Waals surface area (Å²) < 4.78 is 0. The van der Waals surface area contributed by atoms with Crippen molar-refractivity contribution >= 4 is 44.9 Å². The minimum absolute atomic E-state index is 0.172. The van der Waals surface area contributed by atoms with Crippen molar-refractivity contribution in [2.24, 2.45) is 0 Å². The number of hydrogen-bond donors (Lipinski definition) is 0. The van der Waals surface area contributed by atoms with Crippen molar-refractivity contribution in [1.29, 1.82) is 0 Å². The standard InChI is InChI=1S/C71H68N2/c1-51-50-66(72(60-42-34-56(35-43-60)68(2,3)52-24-14-10-15-25-52)61-44-36-57(37-45-61)69(4,5)53-26-16-11-17-27-53)64-32-22-23-33-65(64)67(51)73(62-46-38-58(39-47-62)70(6,7)54-28-18-12-19-29-54)63-48-40-59(41-49-63)71(8,9)55-30-20-13-21-31-55/h10-50H,1-9H3. The number of aryl methyl sites for hydroxylation is 1. The summed E-state index contributed by atoms with van der Waals surface area (Å²) in [5, 5.41) is 2.34. The molecule has 0 fully saturated rings. The quantitative estimate of drug-likeness (QED) is 0.107. The molecule has 0 saturated carbocycles. The third-order valence-electron chi connectivity index (χ3n) is 16.0. The predicted molar refractivity (Wildman–Crippen MR) is 312 cm³/mol. The highest BCUT2D eigenvalue weighted by atomic mass is 15.2. The first-order chi connectivity index (χ1) is 35.2. The second kappa shape index (κ2) is 19.6. The molecule has 10 aromatic carbocycles. The Balaban J connectivity index is 1.14. The number of hydrogen-bond acceptors (Lipinski definition) is 2. The van der Waals surface area contributed by atoms with E-state index in [1.807, 2.05) is 0 Å². The second-order valence-corrected chi connectivity index (χ2v) is 21.9. The van der Waals surface area contributed by atoms with Gasteiger partial charge in [-0.15, -0.1) is 0 Å². The average Bonchev–Trinajstić information content (AvgIpc) is 3.43. The molecular weight excluding hydrogens is 881 g/mol. The van der Waals surface area contributed by atoms with E-state index in [0.29, 0.717) is 0 Å². The monoisotopic (exact) mass is 949 g/mol. The molecule has 0 N–H and O–H groups in total. The van der Waals surface area contributed by atoms with Gasteiger partial charge in [0.1, 0.15) is 0 Å². The number of anilines is 6. The minimum atomic E-state index is -0.173. The van der Waals surface area contributed by atoms with E-state index in [1.54, 1.807) is 0 Å². The lowest BCUT2D eigenvalue weighted by atomic mass is 9.78. The minimum Gasteiger partial charge on any atom is -0.310 e. The van der Waals surface area contributed by atoms with Crippen LogP contribution in [-0.4, -0.2) is 0 Å². The smallest absolute Gasteiger partial charge is 0.0570 e. The van der Waals surface area contributed by atoms with Crippen LogP contribution in [0.3, 0.4) is 0 Å². The van der Waals surface area contributed by atoms with Crippen LogP contribution in [0.4, 0.5) is 34.1 Å². The highest BCUT2D eigenvalue weighted by molar-refractivity contribution is 6.08. The molecule has 0 aromatic heterocycles. The lowest BCUT2D eigenvalue weighted by molar-refractivity contribution is 0.640. The van der Waals surface area contributed by atoms with Gasteiger partial charge < -0.3 is 9.80 Å². The molecular formula is C71H68N2. The SMILES string of the molecule is Cc1cc(N(c2ccc(C(C)(C)c3ccccc3)cc2)c2ccc(C(C)(C)c3ccccc3)cc2)c2ccccc2c1N(c1ccc(C(C)(C)c2ccccc2)cc1)c1ccc(C(C)(C)c2ccccc2)cc1. The molecule has 0 aliphatic heterocycles. The van der Waals surface area contributed by atoms with Gasteiger partial charge in [-0.2, -0.15) is 0 Å².